The first-order valence-electron chi connectivity index (χ1n) is 8.50. The van der Waals surface area contributed by atoms with Gasteiger partial charge in [0.2, 0.25) is 0 Å². The van der Waals surface area contributed by atoms with Crippen molar-refractivity contribution < 1.29 is 9.59 Å². The molecule has 6 heteroatoms. The number of benzene rings is 1. The highest BCUT2D eigenvalue weighted by Gasteiger charge is 2.29. The first-order valence-corrected chi connectivity index (χ1v) is 8.50. The van der Waals surface area contributed by atoms with Gasteiger partial charge in [0.1, 0.15) is 6.04 Å². The summed E-state index contributed by atoms with van der Waals surface area (Å²) in [7, 11) is 2.17. The van der Waals surface area contributed by atoms with E-state index in [4.69, 9.17) is 0 Å². The molecule has 0 radical (unpaired) electrons. The predicted octanol–water partition coefficient (Wildman–Crippen LogP) is 1.73. The maximum Gasteiger partial charge on any atom is 0.322 e. The Hall–Kier alpha value is -2.34. The van der Waals surface area contributed by atoms with Crippen LogP contribution in [0.3, 0.4) is 0 Å². The summed E-state index contributed by atoms with van der Waals surface area (Å²) in [6.45, 7) is 2.26. The van der Waals surface area contributed by atoms with Crippen LogP contribution in [0, 0.1) is 0 Å². The van der Waals surface area contributed by atoms with E-state index >= 15 is 0 Å². The number of fused-ring (bicyclic) bond motifs is 1. The van der Waals surface area contributed by atoms with E-state index in [0.29, 0.717) is 12.3 Å². The maximum absolute atomic E-state index is 11.7. The van der Waals surface area contributed by atoms with Crippen LogP contribution in [0.15, 0.2) is 24.4 Å². The number of nitrogens with one attached hydrogen (secondary N) is 3. The number of hydrogen-bond acceptors (Lipinski definition) is 3. The largest absolute Gasteiger partial charge is 0.361 e. The maximum atomic E-state index is 11.7. The quantitative estimate of drug-likeness (QED) is 0.752. The Bertz CT molecular complexity index is 789. The highest BCUT2D eigenvalue weighted by atomic mass is 16.2. The Morgan fingerprint density at radius 2 is 2.00 bits per heavy atom. The predicted molar refractivity (Wildman–Crippen MR) is 91.9 cm³/mol. The molecule has 4 rings (SSSR count). The summed E-state index contributed by atoms with van der Waals surface area (Å²) >= 11 is 0. The molecule has 2 saturated heterocycles. The van der Waals surface area contributed by atoms with E-state index in [0.717, 1.165) is 24.2 Å². The van der Waals surface area contributed by atoms with E-state index in [1.807, 2.05) is 6.07 Å². The van der Waals surface area contributed by atoms with Crippen LogP contribution in [-0.2, 0) is 11.2 Å². The number of urea groups is 1. The summed E-state index contributed by atoms with van der Waals surface area (Å²) in [6, 6.07) is 5.38. The van der Waals surface area contributed by atoms with Gasteiger partial charge in [-0.2, -0.15) is 0 Å². The zero-order valence-corrected chi connectivity index (χ0v) is 13.8. The molecule has 0 saturated carbocycles. The molecule has 1 atom stereocenters. The number of likely N-dealkylation sites (tertiary alicyclic amines) is 1. The molecule has 2 aromatic rings. The number of aromatic nitrogens is 1. The minimum absolute atomic E-state index is 0.246. The number of rotatable bonds is 3. The van der Waals surface area contributed by atoms with Gasteiger partial charge >= 0.3 is 6.03 Å². The average Bonchev–Trinajstić information content (AvgIpc) is 3.11. The van der Waals surface area contributed by atoms with Crippen LogP contribution in [0.5, 0.6) is 0 Å². The SMILES string of the molecule is CN1CCC(c2c[nH]c3ccc(CC4NC(=O)NC4=O)cc23)CC1. The van der Waals surface area contributed by atoms with Crippen LogP contribution in [0.1, 0.15) is 29.9 Å². The summed E-state index contributed by atoms with van der Waals surface area (Å²) in [5.41, 5.74) is 3.58. The number of piperidine rings is 1. The number of imide groups is 1. The van der Waals surface area contributed by atoms with Crippen molar-refractivity contribution in [3.8, 4) is 0 Å². The van der Waals surface area contributed by atoms with Crippen LogP contribution in [-0.4, -0.2) is 48.0 Å². The molecule has 3 N–H and O–H groups in total. The second-order valence-corrected chi connectivity index (χ2v) is 6.92. The number of amides is 3. The molecule has 1 aromatic heterocycles. The molecule has 3 heterocycles. The lowest BCUT2D eigenvalue weighted by Gasteiger charge is -2.28. The second kappa shape index (κ2) is 5.94. The first-order chi connectivity index (χ1) is 11.6. The van der Waals surface area contributed by atoms with Crippen molar-refractivity contribution in [3.63, 3.8) is 0 Å². The van der Waals surface area contributed by atoms with Gasteiger partial charge in [0.25, 0.3) is 5.91 Å². The Balaban J connectivity index is 1.59. The number of hydrogen-bond donors (Lipinski definition) is 3. The van der Waals surface area contributed by atoms with Crippen LogP contribution in [0.2, 0.25) is 0 Å². The number of H-pyrrole nitrogens is 1. The Labute approximate surface area is 140 Å². The van der Waals surface area contributed by atoms with Crippen LogP contribution < -0.4 is 10.6 Å². The smallest absolute Gasteiger partial charge is 0.322 e. The van der Waals surface area contributed by atoms with Crippen molar-refractivity contribution in [2.24, 2.45) is 0 Å². The summed E-state index contributed by atoms with van der Waals surface area (Å²) in [5, 5.41) is 6.19. The fourth-order valence-corrected chi connectivity index (χ4v) is 3.81. The Kier molecular flexibility index (Phi) is 3.76. The molecule has 3 amide bonds. The normalized spacial score (nSPS) is 22.8. The van der Waals surface area contributed by atoms with Crippen molar-refractivity contribution >= 4 is 22.8 Å². The average molecular weight is 326 g/mol. The van der Waals surface area contributed by atoms with Gasteiger partial charge in [0.05, 0.1) is 0 Å². The van der Waals surface area contributed by atoms with E-state index in [1.165, 1.54) is 23.8 Å². The molecule has 1 unspecified atom stereocenters. The van der Waals surface area contributed by atoms with Crippen molar-refractivity contribution in [3.05, 3.63) is 35.5 Å². The minimum Gasteiger partial charge on any atom is -0.361 e. The Morgan fingerprint density at radius 1 is 1.21 bits per heavy atom. The van der Waals surface area contributed by atoms with Crippen LogP contribution >= 0.6 is 0 Å². The van der Waals surface area contributed by atoms with Crippen molar-refractivity contribution in [1.29, 1.82) is 0 Å². The van der Waals surface area contributed by atoms with Gasteiger partial charge in [0.15, 0.2) is 0 Å². The summed E-state index contributed by atoms with van der Waals surface area (Å²) < 4.78 is 0. The third-order valence-electron chi connectivity index (χ3n) is 5.23. The summed E-state index contributed by atoms with van der Waals surface area (Å²) in [4.78, 5) is 28.7. The van der Waals surface area contributed by atoms with Gasteiger partial charge in [-0.15, -0.1) is 0 Å². The van der Waals surface area contributed by atoms with Crippen LogP contribution in [0.4, 0.5) is 4.79 Å². The standard InChI is InChI=1S/C18H22N4O2/c1-22-6-4-12(5-7-22)14-10-19-15-3-2-11(8-13(14)15)9-16-17(23)21-18(24)20-16/h2-3,8,10,12,16,19H,4-7,9H2,1H3,(H2,20,21,23,24). The van der Waals surface area contributed by atoms with Crippen molar-refractivity contribution in [2.75, 3.05) is 20.1 Å². The molecular weight excluding hydrogens is 304 g/mol. The second-order valence-electron chi connectivity index (χ2n) is 6.92. The fourth-order valence-electron chi connectivity index (χ4n) is 3.81. The highest BCUT2D eigenvalue weighted by molar-refractivity contribution is 6.04. The molecule has 2 fully saturated rings. The fraction of sp³-hybridized carbons (Fsp3) is 0.444. The van der Waals surface area contributed by atoms with Gasteiger partial charge in [-0.3, -0.25) is 10.1 Å². The molecule has 1 aromatic carbocycles. The summed E-state index contributed by atoms with van der Waals surface area (Å²) in [6.07, 6.45) is 5.00. The van der Waals surface area contributed by atoms with E-state index in [9.17, 15) is 9.59 Å². The van der Waals surface area contributed by atoms with Crippen LogP contribution in [0.25, 0.3) is 10.9 Å². The zero-order valence-electron chi connectivity index (χ0n) is 13.8. The van der Waals surface area contributed by atoms with Gasteiger partial charge in [0, 0.05) is 23.5 Å². The molecule has 2 aliphatic heterocycles. The van der Waals surface area contributed by atoms with Gasteiger partial charge < -0.3 is 15.2 Å². The lowest BCUT2D eigenvalue weighted by molar-refractivity contribution is -0.120. The minimum atomic E-state index is -0.472. The van der Waals surface area contributed by atoms with Gasteiger partial charge in [-0.05, 0) is 62.2 Å². The topological polar surface area (TPSA) is 77.2 Å². The molecule has 6 nitrogen and oxygen atoms in total. The Morgan fingerprint density at radius 3 is 2.71 bits per heavy atom. The molecule has 0 aliphatic carbocycles. The third-order valence-corrected chi connectivity index (χ3v) is 5.23. The molecule has 126 valence electrons. The number of carbonyl (C=O) groups is 2. The van der Waals surface area contributed by atoms with Gasteiger partial charge in [-0.25, -0.2) is 4.79 Å². The number of aromatic amines is 1. The first kappa shape index (κ1) is 15.2. The number of nitrogens with zero attached hydrogens (tertiary/aromatic N) is 1. The molecule has 24 heavy (non-hydrogen) atoms. The van der Waals surface area contributed by atoms with E-state index in [2.05, 4.69) is 45.9 Å². The molecular formula is C18H22N4O2. The zero-order chi connectivity index (χ0) is 16.7. The monoisotopic (exact) mass is 326 g/mol. The summed E-state index contributed by atoms with van der Waals surface area (Å²) in [5.74, 6) is 0.337. The lowest BCUT2D eigenvalue weighted by atomic mass is 9.89. The lowest BCUT2D eigenvalue weighted by Crippen LogP contribution is -2.31. The molecule has 2 aliphatic rings. The van der Waals surface area contributed by atoms with E-state index in [1.54, 1.807) is 0 Å². The number of carbonyl (C=O) groups excluding carboxylic acids is 2. The van der Waals surface area contributed by atoms with Crippen molar-refractivity contribution in [1.82, 2.24) is 20.5 Å². The molecule has 0 bridgehead atoms. The van der Waals surface area contributed by atoms with Crippen molar-refractivity contribution in [2.45, 2.75) is 31.2 Å². The molecule has 0 spiro atoms. The highest BCUT2D eigenvalue weighted by Crippen LogP contribution is 2.33. The van der Waals surface area contributed by atoms with Gasteiger partial charge in [-0.1, -0.05) is 6.07 Å². The van der Waals surface area contributed by atoms with E-state index < -0.39 is 12.1 Å². The third kappa shape index (κ3) is 2.78. The van der Waals surface area contributed by atoms with E-state index in [-0.39, 0.29) is 5.91 Å².